The predicted molar refractivity (Wildman–Crippen MR) is 105 cm³/mol. The SMILES string of the molecule is COc1cc([N+](=O)[O-])ccc1OCc1csc(CC(=O)Nc2ccccc2)n1. The number of nitro groups is 1. The third-order valence-electron chi connectivity index (χ3n) is 3.70. The molecule has 0 radical (unpaired) electrons. The molecule has 0 saturated heterocycles. The van der Waals surface area contributed by atoms with Crippen LogP contribution in [0.15, 0.2) is 53.9 Å². The number of non-ortho nitro benzene ring substituents is 1. The van der Waals surface area contributed by atoms with Crippen molar-refractivity contribution in [2.45, 2.75) is 13.0 Å². The summed E-state index contributed by atoms with van der Waals surface area (Å²) in [6.45, 7) is 0.158. The van der Waals surface area contributed by atoms with E-state index in [1.54, 1.807) is 0 Å². The van der Waals surface area contributed by atoms with Gasteiger partial charge in [0.1, 0.15) is 11.6 Å². The number of nitrogens with zero attached hydrogens (tertiary/aromatic N) is 2. The number of anilines is 1. The van der Waals surface area contributed by atoms with Gasteiger partial charge in [0.2, 0.25) is 5.91 Å². The van der Waals surface area contributed by atoms with Gasteiger partial charge in [-0.05, 0) is 18.2 Å². The highest BCUT2D eigenvalue weighted by Crippen LogP contribution is 2.31. The summed E-state index contributed by atoms with van der Waals surface area (Å²) in [5.41, 5.74) is 1.32. The molecule has 28 heavy (non-hydrogen) atoms. The van der Waals surface area contributed by atoms with Crippen molar-refractivity contribution in [1.82, 2.24) is 4.98 Å². The summed E-state index contributed by atoms with van der Waals surface area (Å²) in [7, 11) is 1.41. The molecular formula is C19H17N3O5S. The van der Waals surface area contributed by atoms with Crippen LogP contribution in [0.3, 0.4) is 0 Å². The first-order valence-corrected chi connectivity index (χ1v) is 9.16. The molecule has 0 unspecified atom stereocenters. The van der Waals surface area contributed by atoms with Crippen LogP contribution < -0.4 is 14.8 Å². The Morgan fingerprint density at radius 3 is 2.71 bits per heavy atom. The average molecular weight is 399 g/mol. The number of nitrogens with one attached hydrogen (secondary N) is 1. The Hall–Kier alpha value is -3.46. The molecule has 0 aliphatic rings. The van der Waals surface area contributed by atoms with Crippen molar-refractivity contribution in [3.8, 4) is 11.5 Å². The van der Waals surface area contributed by atoms with Crippen LogP contribution in [0.2, 0.25) is 0 Å². The van der Waals surface area contributed by atoms with Gasteiger partial charge in [0, 0.05) is 17.1 Å². The number of benzene rings is 2. The molecule has 0 fully saturated rings. The van der Waals surface area contributed by atoms with Crippen LogP contribution in [0.4, 0.5) is 11.4 Å². The Balaban J connectivity index is 1.57. The number of nitro benzene ring substituents is 1. The molecule has 1 aromatic heterocycles. The van der Waals surface area contributed by atoms with Gasteiger partial charge in [-0.2, -0.15) is 0 Å². The lowest BCUT2D eigenvalue weighted by Gasteiger charge is -2.09. The highest BCUT2D eigenvalue weighted by Gasteiger charge is 2.14. The minimum Gasteiger partial charge on any atom is -0.493 e. The van der Waals surface area contributed by atoms with Crippen LogP contribution in [-0.4, -0.2) is 22.9 Å². The van der Waals surface area contributed by atoms with Gasteiger partial charge >= 0.3 is 0 Å². The number of amides is 1. The Morgan fingerprint density at radius 2 is 2.00 bits per heavy atom. The van der Waals surface area contributed by atoms with Gasteiger partial charge in [-0.15, -0.1) is 11.3 Å². The van der Waals surface area contributed by atoms with Gasteiger partial charge in [0.15, 0.2) is 11.5 Å². The van der Waals surface area contributed by atoms with Crippen molar-refractivity contribution >= 4 is 28.6 Å². The number of carbonyl (C=O) groups is 1. The van der Waals surface area contributed by atoms with E-state index in [2.05, 4.69) is 10.3 Å². The van der Waals surface area contributed by atoms with Crippen molar-refractivity contribution in [1.29, 1.82) is 0 Å². The molecule has 0 aliphatic heterocycles. The smallest absolute Gasteiger partial charge is 0.273 e. The van der Waals surface area contributed by atoms with E-state index >= 15 is 0 Å². The van der Waals surface area contributed by atoms with E-state index in [1.165, 1.54) is 36.6 Å². The lowest BCUT2D eigenvalue weighted by Crippen LogP contribution is -2.14. The Bertz CT molecular complexity index is 975. The van der Waals surface area contributed by atoms with Crippen LogP contribution in [0.5, 0.6) is 11.5 Å². The number of para-hydroxylation sites is 1. The first kappa shape index (κ1) is 19.3. The zero-order valence-electron chi connectivity index (χ0n) is 15.0. The van der Waals surface area contributed by atoms with Crippen LogP contribution in [0.1, 0.15) is 10.7 Å². The number of hydrogen-bond acceptors (Lipinski definition) is 7. The van der Waals surface area contributed by atoms with Crippen LogP contribution in [0, 0.1) is 10.1 Å². The molecule has 0 aliphatic carbocycles. The van der Waals surface area contributed by atoms with Crippen molar-refractivity contribution in [2.24, 2.45) is 0 Å². The summed E-state index contributed by atoms with van der Waals surface area (Å²) in [4.78, 5) is 26.8. The van der Waals surface area contributed by atoms with Gasteiger partial charge < -0.3 is 14.8 Å². The number of ether oxygens (including phenoxy) is 2. The zero-order chi connectivity index (χ0) is 19.9. The molecule has 2 aromatic carbocycles. The second-order valence-corrected chi connectivity index (χ2v) is 6.65. The quantitative estimate of drug-likeness (QED) is 0.456. The lowest BCUT2D eigenvalue weighted by atomic mass is 10.3. The standard InChI is InChI=1S/C19H17N3O5S/c1-26-17-9-15(22(24)25)7-8-16(17)27-11-14-12-28-19(21-14)10-18(23)20-13-5-3-2-4-6-13/h2-9,12H,10-11H2,1H3,(H,20,23). The molecule has 1 N–H and O–H groups in total. The van der Waals surface area contributed by atoms with Crippen LogP contribution in [0.25, 0.3) is 0 Å². The maximum absolute atomic E-state index is 12.1. The first-order valence-electron chi connectivity index (χ1n) is 8.28. The topological polar surface area (TPSA) is 104 Å². The summed E-state index contributed by atoms with van der Waals surface area (Å²) in [6.07, 6.45) is 0.167. The summed E-state index contributed by atoms with van der Waals surface area (Å²) < 4.78 is 10.8. The first-order chi connectivity index (χ1) is 13.5. The third-order valence-corrected chi connectivity index (χ3v) is 4.60. The van der Waals surface area contributed by atoms with E-state index in [1.807, 2.05) is 35.7 Å². The Morgan fingerprint density at radius 1 is 1.21 bits per heavy atom. The van der Waals surface area contributed by atoms with Crippen LogP contribution >= 0.6 is 11.3 Å². The van der Waals surface area contributed by atoms with Gasteiger partial charge in [-0.25, -0.2) is 4.98 Å². The molecular weight excluding hydrogens is 382 g/mol. The van der Waals surface area contributed by atoms with Crippen molar-refractivity contribution < 1.29 is 19.2 Å². The maximum atomic E-state index is 12.1. The summed E-state index contributed by atoms with van der Waals surface area (Å²) in [5, 5.41) is 16.1. The Kier molecular flexibility index (Phi) is 6.18. The van der Waals surface area contributed by atoms with Gasteiger partial charge in [-0.3, -0.25) is 14.9 Å². The molecule has 0 saturated carbocycles. The molecule has 0 bridgehead atoms. The van der Waals surface area contributed by atoms with Crippen molar-refractivity contribution in [2.75, 3.05) is 12.4 Å². The molecule has 3 aromatic rings. The molecule has 0 spiro atoms. The fourth-order valence-electron chi connectivity index (χ4n) is 2.40. The van der Waals surface area contributed by atoms with Crippen molar-refractivity contribution in [3.63, 3.8) is 0 Å². The van der Waals surface area contributed by atoms with E-state index in [9.17, 15) is 14.9 Å². The number of carbonyl (C=O) groups excluding carboxylic acids is 1. The highest BCUT2D eigenvalue weighted by molar-refractivity contribution is 7.09. The Labute approximate surface area is 164 Å². The van der Waals surface area contributed by atoms with E-state index in [0.29, 0.717) is 16.5 Å². The summed E-state index contributed by atoms with van der Waals surface area (Å²) in [5.74, 6) is 0.501. The largest absolute Gasteiger partial charge is 0.493 e. The van der Waals surface area contributed by atoms with E-state index in [0.717, 1.165) is 5.69 Å². The molecule has 9 heteroatoms. The second kappa shape index (κ2) is 8.96. The number of methoxy groups -OCH3 is 1. The number of aromatic nitrogens is 1. The molecule has 3 rings (SSSR count). The fraction of sp³-hybridized carbons (Fsp3) is 0.158. The number of thiazole rings is 1. The molecule has 1 heterocycles. The predicted octanol–water partition coefficient (Wildman–Crippen LogP) is 3.82. The zero-order valence-corrected chi connectivity index (χ0v) is 15.8. The minimum absolute atomic E-state index is 0.0791. The average Bonchev–Trinajstić information content (AvgIpc) is 3.14. The number of hydrogen-bond donors (Lipinski definition) is 1. The highest BCUT2D eigenvalue weighted by atomic mass is 32.1. The summed E-state index contributed by atoms with van der Waals surface area (Å²) >= 11 is 1.37. The summed E-state index contributed by atoms with van der Waals surface area (Å²) in [6, 6.07) is 13.3. The van der Waals surface area contributed by atoms with Gasteiger partial charge in [0.25, 0.3) is 5.69 Å². The van der Waals surface area contributed by atoms with Crippen molar-refractivity contribution in [3.05, 3.63) is 74.7 Å². The fourth-order valence-corrected chi connectivity index (χ4v) is 3.18. The number of rotatable bonds is 8. The van der Waals surface area contributed by atoms with Gasteiger partial charge in [0.05, 0.1) is 30.2 Å². The van der Waals surface area contributed by atoms with E-state index in [-0.39, 0.29) is 30.4 Å². The molecule has 1 amide bonds. The minimum atomic E-state index is -0.500. The molecule has 8 nitrogen and oxygen atoms in total. The van der Waals surface area contributed by atoms with Gasteiger partial charge in [-0.1, -0.05) is 18.2 Å². The van der Waals surface area contributed by atoms with E-state index in [4.69, 9.17) is 9.47 Å². The van der Waals surface area contributed by atoms with Crippen LogP contribution in [-0.2, 0) is 17.8 Å². The second-order valence-electron chi connectivity index (χ2n) is 5.70. The lowest BCUT2D eigenvalue weighted by molar-refractivity contribution is -0.385. The maximum Gasteiger partial charge on any atom is 0.273 e. The normalized spacial score (nSPS) is 10.3. The monoisotopic (exact) mass is 399 g/mol. The molecule has 0 atom stereocenters. The van der Waals surface area contributed by atoms with E-state index < -0.39 is 4.92 Å². The molecule has 144 valence electrons. The third kappa shape index (κ3) is 5.04.